The van der Waals surface area contributed by atoms with E-state index in [0.717, 1.165) is 0 Å². The van der Waals surface area contributed by atoms with Crippen molar-refractivity contribution in [2.75, 3.05) is 13.2 Å². The highest BCUT2D eigenvalue weighted by Crippen LogP contribution is 2.28. The molecule has 2 saturated heterocycles. The van der Waals surface area contributed by atoms with Crippen molar-refractivity contribution in [2.45, 2.75) is 74.7 Å². The lowest BCUT2D eigenvalue weighted by molar-refractivity contribution is -0.343. The molecule has 0 aromatic rings. The first kappa shape index (κ1) is 22.4. The molecule has 2 heterocycles. The Morgan fingerprint density at radius 1 is 0.889 bits per heavy atom. The zero-order chi connectivity index (χ0) is 20.3. The molecule has 0 saturated carbocycles. The van der Waals surface area contributed by atoms with Gasteiger partial charge in [0.25, 0.3) is 0 Å². The zero-order valence-electron chi connectivity index (χ0n) is 14.7. The third-order valence-corrected chi connectivity index (χ3v) is 4.63. The molecule has 2 aliphatic heterocycles. The van der Waals surface area contributed by atoms with Crippen molar-refractivity contribution in [1.29, 1.82) is 0 Å². The van der Waals surface area contributed by atoms with E-state index in [-0.39, 0.29) is 6.42 Å². The quantitative estimate of drug-likeness (QED) is 0.214. The highest BCUT2D eigenvalue weighted by Gasteiger charge is 2.50. The van der Waals surface area contributed by atoms with Gasteiger partial charge in [-0.15, -0.1) is 0 Å². The Hall–Kier alpha value is -0.930. The van der Waals surface area contributed by atoms with Crippen molar-refractivity contribution in [1.82, 2.24) is 5.32 Å². The van der Waals surface area contributed by atoms with E-state index in [9.17, 15) is 40.5 Å². The van der Waals surface area contributed by atoms with Gasteiger partial charge in [-0.3, -0.25) is 4.79 Å². The van der Waals surface area contributed by atoms with Crippen LogP contribution in [0.1, 0.15) is 13.3 Å². The Morgan fingerprint density at radius 2 is 1.52 bits per heavy atom. The topological polar surface area (TPSA) is 198 Å². The van der Waals surface area contributed by atoms with E-state index in [2.05, 4.69) is 5.32 Å². The number of aliphatic hydroxyl groups excluding tert-OH is 7. The summed E-state index contributed by atoms with van der Waals surface area (Å²) in [6.07, 6.45) is -14.9. The van der Waals surface area contributed by atoms with E-state index in [1.165, 1.54) is 0 Å². The van der Waals surface area contributed by atoms with Crippen molar-refractivity contribution >= 4 is 5.91 Å². The number of nitrogens with one attached hydrogen (secondary N) is 1. The van der Waals surface area contributed by atoms with Gasteiger partial charge in [-0.25, -0.2) is 0 Å². The lowest BCUT2D eigenvalue weighted by Gasteiger charge is -2.46. The molecule has 0 radical (unpaired) electrons. The molecule has 12 nitrogen and oxygen atoms in total. The van der Waals surface area contributed by atoms with E-state index in [4.69, 9.17) is 14.2 Å². The molecule has 10 atom stereocenters. The third-order valence-electron chi connectivity index (χ3n) is 4.63. The number of hydrogen-bond donors (Lipinski definition) is 8. The van der Waals surface area contributed by atoms with Gasteiger partial charge in [-0.2, -0.15) is 0 Å². The average Bonchev–Trinajstić information content (AvgIpc) is 2.67. The van der Waals surface area contributed by atoms with E-state index in [1.807, 2.05) is 0 Å². The molecule has 0 aliphatic carbocycles. The summed E-state index contributed by atoms with van der Waals surface area (Å²) >= 11 is 0. The fourth-order valence-electron chi connectivity index (χ4n) is 2.97. The van der Waals surface area contributed by atoms with Gasteiger partial charge in [0.1, 0.15) is 48.8 Å². The summed E-state index contributed by atoms with van der Waals surface area (Å²) in [6, 6.07) is 0. The fraction of sp³-hybridized carbons (Fsp3) is 0.933. The number of amides is 1. The highest BCUT2D eigenvalue weighted by molar-refractivity contribution is 5.75. The molecule has 0 spiro atoms. The van der Waals surface area contributed by atoms with Crippen LogP contribution in [0.2, 0.25) is 0 Å². The maximum absolute atomic E-state index is 11.5. The summed E-state index contributed by atoms with van der Waals surface area (Å²) in [6.45, 7) is 0.242. The van der Waals surface area contributed by atoms with Crippen molar-refractivity contribution in [3.63, 3.8) is 0 Å². The van der Waals surface area contributed by atoms with Crippen LogP contribution in [0.15, 0.2) is 0 Å². The summed E-state index contributed by atoms with van der Waals surface area (Å²) in [5, 5.41) is 71.2. The maximum Gasteiger partial charge on any atom is 0.221 e. The number of hydrogen-bond acceptors (Lipinski definition) is 11. The molecule has 2 aliphatic rings. The highest BCUT2D eigenvalue weighted by atomic mass is 16.7. The summed E-state index contributed by atoms with van der Waals surface area (Å²) in [7, 11) is 0. The predicted octanol–water partition coefficient (Wildman–Crippen LogP) is -4.86. The standard InChI is InChI=1S/C15H27NO11/c1-2-7(19)16-14-11(23)10(22)13(6(4-18)25-14)27-15-12(24)9(21)8(20)5(3-17)26-15/h5-6,8-15,17-18,20-24H,2-4H2,1H3,(H,16,19)/t5-,6-,8+,9+,10-,11-,12-,13+,14-,15-/m1/s1. The van der Waals surface area contributed by atoms with Gasteiger partial charge in [0.2, 0.25) is 5.91 Å². The molecule has 158 valence electrons. The van der Waals surface area contributed by atoms with Crippen LogP contribution in [0, 0.1) is 0 Å². The molecule has 2 fully saturated rings. The summed E-state index contributed by atoms with van der Waals surface area (Å²) in [4.78, 5) is 11.5. The van der Waals surface area contributed by atoms with Gasteiger partial charge < -0.3 is 55.3 Å². The summed E-state index contributed by atoms with van der Waals surface area (Å²) in [5.41, 5.74) is 0. The summed E-state index contributed by atoms with van der Waals surface area (Å²) < 4.78 is 16.0. The first-order valence-corrected chi connectivity index (χ1v) is 8.62. The molecule has 12 heteroatoms. The lowest BCUT2D eigenvalue weighted by Crippen LogP contribution is -2.66. The molecular formula is C15H27NO11. The maximum atomic E-state index is 11.5. The monoisotopic (exact) mass is 397 g/mol. The Bertz CT molecular complexity index is 490. The first-order chi connectivity index (χ1) is 12.7. The fourth-order valence-corrected chi connectivity index (χ4v) is 2.97. The molecular weight excluding hydrogens is 370 g/mol. The zero-order valence-corrected chi connectivity index (χ0v) is 14.7. The van der Waals surface area contributed by atoms with Crippen molar-refractivity contribution in [3.05, 3.63) is 0 Å². The normalized spacial score (nSPS) is 45.5. The van der Waals surface area contributed by atoms with Crippen LogP contribution >= 0.6 is 0 Å². The Balaban J connectivity index is 2.11. The Labute approximate surface area is 154 Å². The molecule has 0 unspecified atom stereocenters. The largest absolute Gasteiger partial charge is 0.394 e. The second-order valence-electron chi connectivity index (χ2n) is 6.48. The predicted molar refractivity (Wildman–Crippen MR) is 84.8 cm³/mol. The van der Waals surface area contributed by atoms with Crippen LogP contribution in [0.5, 0.6) is 0 Å². The van der Waals surface area contributed by atoms with Gasteiger partial charge in [0.05, 0.1) is 13.2 Å². The van der Waals surface area contributed by atoms with Crippen LogP contribution < -0.4 is 5.32 Å². The molecule has 0 aromatic carbocycles. The number of carbonyl (C=O) groups excluding carboxylic acids is 1. The van der Waals surface area contributed by atoms with Gasteiger partial charge in [0.15, 0.2) is 12.5 Å². The van der Waals surface area contributed by atoms with Gasteiger partial charge in [-0.05, 0) is 0 Å². The lowest BCUT2D eigenvalue weighted by atomic mass is 9.96. The molecule has 0 bridgehead atoms. The van der Waals surface area contributed by atoms with Crippen LogP contribution in [-0.2, 0) is 19.0 Å². The van der Waals surface area contributed by atoms with Gasteiger partial charge >= 0.3 is 0 Å². The number of rotatable bonds is 6. The number of ether oxygens (including phenoxy) is 3. The minimum Gasteiger partial charge on any atom is -0.394 e. The molecule has 2 rings (SSSR count). The van der Waals surface area contributed by atoms with Crippen LogP contribution in [0.25, 0.3) is 0 Å². The van der Waals surface area contributed by atoms with Gasteiger partial charge in [-0.1, -0.05) is 6.92 Å². The molecule has 1 amide bonds. The Morgan fingerprint density at radius 3 is 2.07 bits per heavy atom. The summed E-state index contributed by atoms with van der Waals surface area (Å²) in [5.74, 6) is -0.448. The number of carbonyl (C=O) groups is 1. The third kappa shape index (κ3) is 4.74. The SMILES string of the molecule is CCC(=O)N[C@@H]1O[C@H](CO)[C@H](O[C@H]2O[C@H](CO)[C@H](O)[C@H](O)[C@H]2O)[C@H](O)[C@H]1O. The van der Waals surface area contributed by atoms with Crippen LogP contribution in [0.4, 0.5) is 0 Å². The van der Waals surface area contributed by atoms with Crippen molar-refractivity contribution in [3.8, 4) is 0 Å². The smallest absolute Gasteiger partial charge is 0.221 e. The van der Waals surface area contributed by atoms with E-state index < -0.39 is 80.5 Å². The van der Waals surface area contributed by atoms with Crippen molar-refractivity contribution < 1.29 is 54.8 Å². The molecule has 27 heavy (non-hydrogen) atoms. The second kappa shape index (κ2) is 9.52. The van der Waals surface area contributed by atoms with Crippen LogP contribution in [0.3, 0.4) is 0 Å². The van der Waals surface area contributed by atoms with E-state index in [0.29, 0.717) is 0 Å². The minimum atomic E-state index is -1.73. The van der Waals surface area contributed by atoms with Gasteiger partial charge in [0, 0.05) is 6.42 Å². The van der Waals surface area contributed by atoms with E-state index >= 15 is 0 Å². The number of aliphatic hydroxyl groups is 7. The van der Waals surface area contributed by atoms with E-state index in [1.54, 1.807) is 6.92 Å². The van der Waals surface area contributed by atoms with Crippen LogP contribution in [-0.4, -0.2) is 116 Å². The molecule has 8 N–H and O–H groups in total. The Kier molecular flexibility index (Phi) is 7.88. The minimum absolute atomic E-state index is 0.108. The average molecular weight is 397 g/mol. The van der Waals surface area contributed by atoms with Crippen molar-refractivity contribution in [2.24, 2.45) is 0 Å². The second-order valence-corrected chi connectivity index (χ2v) is 6.48. The molecule has 0 aromatic heterocycles. The first-order valence-electron chi connectivity index (χ1n) is 8.62.